The van der Waals surface area contributed by atoms with Crippen LogP contribution in [0.5, 0.6) is 0 Å². The Bertz CT molecular complexity index is 751. The van der Waals surface area contributed by atoms with Gasteiger partial charge in [-0.1, -0.05) is 6.92 Å². The second-order valence-electron chi connectivity index (χ2n) is 7.84. The normalized spacial score (nSPS) is 17.4. The van der Waals surface area contributed by atoms with E-state index in [9.17, 15) is 14.4 Å². The van der Waals surface area contributed by atoms with Crippen molar-refractivity contribution in [1.29, 1.82) is 0 Å². The van der Waals surface area contributed by atoms with Crippen LogP contribution in [0.3, 0.4) is 0 Å². The standard InChI is InChI=1S/C20H31N5O3/c1-4-14(2)21-17(26)7-8-18(27)25-12-9-16-15(13-25)19(22-23(16)3)20(28)24-10-5-6-11-24/h14H,4-13H2,1-3H3,(H,21,26). The summed E-state index contributed by atoms with van der Waals surface area (Å²) in [5.41, 5.74) is 2.37. The highest BCUT2D eigenvalue weighted by molar-refractivity contribution is 5.94. The second kappa shape index (κ2) is 8.75. The topological polar surface area (TPSA) is 87.5 Å². The fourth-order valence-electron chi connectivity index (χ4n) is 3.87. The van der Waals surface area contributed by atoms with Gasteiger partial charge >= 0.3 is 0 Å². The molecule has 3 amide bonds. The molecule has 1 aromatic heterocycles. The van der Waals surface area contributed by atoms with Gasteiger partial charge in [0.1, 0.15) is 0 Å². The van der Waals surface area contributed by atoms with Gasteiger partial charge in [-0.15, -0.1) is 0 Å². The highest BCUT2D eigenvalue weighted by Gasteiger charge is 2.31. The number of carbonyl (C=O) groups is 3. The molecule has 8 heteroatoms. The molecule has 1 aromatic rings. The number of likely N-dealkylation sites (tertiary alicyclic amines) is 1. The smallest absolute Gasteiger partial charge is 0.274 e. The third kappa shape index (κ3) is 4.36. The third-order valence-electron chi connectivity index (χ3n) is 5.78. The first-order valence-corrected chi connectivity index (χ1v) is 10.3. The molecule has 0 aromatic carbocycles. The number of nitrogens with zero attached hydrogens (tertiary/aromatic N) is 4. The lowest BCUT2D eigenvalue weighted by molar-refractivity contribution is -0.134. The Morgan fingerprint density at radius 1 is 1.11 bits per heavy atom. The molecule has 1 N–H and O–H groups in total. The molecule has 2 aliphatic rings. The molecule has 1 atom stereocenters. The van der Waals surface area contributed by atoms with E-state index < -0.39 is 0 Å². The zero-order valence-corrected chi connectivity index (χ0v) is 17.2. The summed E-state index contributed by atoms with van der Waals surface area (Å²) < 4.78 is 1.78. The van der Waals surface area contributed by atoms with Gasteiger partial charge in [-0.3, -0.25) is 19.1 Å². The molecule has 3 rings (SSSR count). The van der Waals surface area contributed by atoms with Crippen LogP contribution in [0.4, 0.5) is 0 Å². The number of fused-ring (bicyclic) bond motifs is 1. The summed E-state index contributed by atoms with van der Waals surface area (Å²) in [6.45, 7) is 6.50. The van der Waals surface area contributed by atoms with E-state index in [-0.39, 0.29) is 36.6 Å². The van der Waals surface area contributed by atoms with Crippen LogP contribution >= 0.6 is 0 Å². The van der Waals surface area contributed by atoms with Crippen molar-refractivity contribution < 1.29 is 14.4 Å². The fraction of sp³-hybridized carbons (Fsp3) is 0.700. The number of hydrogen-bond acceptors (Lipinski definition) is 4. The van der Waals surface area contributed by atoms with Gasteiger partial charge in [-0.05, 0) is 26.2 Å². The molecular formula is C20H31N5O3. The molecule has 0 radical (unpaired) electrons. The summed E-state index contributed by atoms with van der Waals surface area (Å²) in [5.74, 6) is -0.170. The maximum atomic E-state index is 12.8. The van der Waals surface area contributed by atoms with Crippen LogP contribution in [0, 0.1) is 0 Å². The van der Waals surface area contributed by atoms with Crippen LogP contribution in [0.15, 0.2) is 0 Å². The van der Waals surface area contributed by atoms with E-state index in [1.807, 2.05) is 25.8 Å². The van der Waals surface area contributed by atoms with E-state index in [1.165, 1.54) is 0 Å². The summed E-state index contributed by atoms with van der Waals surface area (Å²) in [5, 5.41) is 7.36. The Kier molecular flexibility index (Phi) is 6.36. The first kappa shape index (κ1) is 20.4. The van der Waals surface area contributed by atoms with Gasteiger partial charge in [0, 0.05) is 69.8 Å². The van der Waals surface area contributed by atoms with Gasteiger partial charge < -0.3 is 15.1 Å². The highest BCUT2D eigenvalue weighted by atomic mass is 16.2. The molecule has 28 heavy (non-hydrogen) atoms. The number of nitrogens with one attached hydrogen (secondary N) is 1. The van der Waals surface area contributed by atoms with E-state index in [1.54, 1.807) is 9.58 Å². The zero-order valence-electron chi connectivity index (χ0n) is 17.2. The molecule has 0 saturated carbocycles. The summed E-state index contributed by atoms with van der Waals surface area (Å²) in [4.78, 5) is 41.0. The van der Waals surface area contributed by atoms with Crippen molar-refractivity contribution in [3.63, 3.8) is 0 Å². The third-order valence-corrected chi connectivity index (χ3v) is 5.78. The van der Waals surface area contributed by atoms with E-state index >= 15 is 0 Å². The number of carbonyl (C=O) groups excluding carboxylic acids is 3. The summed E-state index contributed by atoms with van der Waals surface area (Å²) in [6, 6.07) is 0.120. The molecular weight excluding hydrogens is 358 g/mol. The molecule has 3 heterocycles. The van der Waals surface area contributed by atoms with Gasteiger partial charge in [-0.2, -0.15) is 5.10 Å². The Balaban J connectivity index is 1.64. The number of rotatable bonds is 6. The molecule has 0 bridgehead atoms. The fourth-order valence-corrected chi connectivity index (χ4v) is 3.87. The second-order valence-corrected chi connectivity index (χ2v) is 7.84. The average Bonchev–Trinajstić information content (AvgIpc) is 3.33. The summed E-state index contributed by atoms with van der Waals surface area (Å²) >= 11 is 0. The minimum atomic E-state index is -0.0910. The molecule has 1 fully saturated rings. The predicted molar refractivity (Wildman–Crippen MR) is 105 cm³/mol. The van der Waals surface area contributed by atoms with Crippen LogP contribution < -0.4 is 5.32 Å². The Morgan fingerprint density at radius 2 is 1.82 bits per heavy atom. The molecule has 1 unspecified atom stereocenters. The van der Waals surface area contributed by atoms with Crippen molar-refractivity contribution in [2.24, 2.45) is 7.05 Å². The molecule has 0 spiro atoms. The zero-order chi connectivity index (χ0) is 20.3. The largest absolute Gasteiger partial charge is 0.354 e. The van der Waals surface area contributed by atoms with E-state index in [0.717, 1.165) is 43.6 Å². The first-order valence-electron chi connectivity index (χ1n) is 10.3. The quantitative estimate of drug-likeness (QED) is 0.793. The lowest BCUT2D eigenvalue weighted by atomic mass is 10.0. The monoisotopic (exact) mass is 389 g/mol. The number of aryl methyl sites for hydroxylation is 1. The average molecular weight is 390 g/mol. The van der Waals surface area contributed by atoms with E-state index in [0.29, 0.717) is 25.2 Å². The van der Waals surface area contributed by atoms with Crippen molar-refractivity contribution in [2.45, 2.75) is 65.0 Å². The molecule has 0 aliphatic carbocycles. The summed E-state index contributed by atoms with van der Waals surface area (Å²) in [7, 11) is 1.86. The van der Waals surface area contributed by atoms with Crippen molar-refractivity contribution >= 4 is 17.7 Å². The number of aromatic nitrogens is 2. The Morgan fingerprint density at radius 3 is 2.50 bits per heavy atom. The number of amides is 3. The Hall–Kier alpha value is -2.38. The van der Waals surface area contributed by atoms with Gasteiger partial charge in [-0.25, -0.2) is 0 Å². The van der Waals surface area contributed by atoms with Crippen LogP contribution in [-0.2, 0) is 29.6 Å². The molecule has 8 nitrogen and oxygen atoms in total. The lowest BCUT2D eigenvalue weighted by Crippen LogP contribution is -2.38. The van der Waals surface area contributed by atoms with Gasteiger partial charge in [0.05, 0.1) is 0 Å². The molecule has 2 aliphatic heterocycles. The van der Waals surface area contributed by atoms with Crippen molar-refractivity contribution in [3.8, 4) is 0 Å². The lowest BCUT2D eigenvalue weighted by Gasteiger charge is -2.28. The molecule has 1 saturated heterocycles. The maximum Gasteiger partial charge on any atom is 0.274 e. The van der Waals surface area contributed by atoms with Gasteiger partial charge in [0.25, 0.3) is 5.91 Å². The Labute approximate surface area is 166 Å². The minimum absolute atomic E-state index is 0.0309. The van der Waals surface area contributed by atoms with E-state index in [2.05, 4.69) is 10.4 Å². The van der Waals surface area contributed by atoms with Gasteiger partial charge in [0.15, 0.2) is 5.69 Å². The highest BCUT2D eigenvalue weighted by Crippen LogP contribution is 2.25. The van der Waals surface area contributed by atoms with Crippen LogP contribution in [-0.4, -0.2) is 63.0 Å². The minimum Gasteiger partial charge on any atom is -0.354 e. The predicted octanol–water partition coefficient (Wildman–Crippen LogP) is 1.24. The van der Waals surface area contributed by atoms with Crippen LogP contribution in [0.2, 0.25) is 0 Å². The van der Waals surface area contributed by atoms with Crippen molar-refractivity contribution in [1.82, 2.24) is 24.9 Å². The molecule has 154 valence electrons. The van der Waals surface area contributed by atoms with E-state index in [4.69, 9.17) is 0 Å². The van der Waals surface area contributed by atoms with Gasteiger partial charge in [0.2, 0.25) is 11.8 Å². The first-order chi connectivity index (χ1) is 13.4. The SMILES string of the molecule is CCC(C)NC(=O)CCC(=O)N1CCc2c(c(C(=O)N3CCCC3)nn2C)C1. The van der Waals surface area contributed by atoms with Crippen molar-refractivity contribution in [2.75, 3.05) is 19.6 Å². The maximum absolute atomic E-state index is 12.8. The number of hydrogen-bond donors (Lipinski definition) is 1. The van der Waals surface area contributed by atoms with Crippen LogP contribution in [0.25, 0.3) is 0 Å². The summed E-state index contributed by atoms with van der Waals surface area (Å²) in [6.07, 6.45) is 3.99. The van der Waals surface area contributed by atoms with Crippen LogP contribution in [0.1, 0.15) is 67.7 Å². The van der Waals surface area contributed by atoms with Crippen molar-refractivity contribution in [3.05, 3.63) is 17.0 Å².